The summed E-state index contributed by atoms with van der Waals surface area (Å²) in [6.07, 6.45) is 3.85. The second kappa shape index (κ2) is 7.92. The van der Waals surface area contributed by atoms with Crippen molar-refractivity contribution in [1.82, 2.24) is 4.90 Å². The fraction of sp³-hybridized carbons (Fsp3) is 0.667. The van der Waals surface area contributed by atoms with Gasteiger partial charge in [0.05, 0.1) is 6.10 Å². The molecule has 21 heavy (non-hydrogen) atoms. The summed E-state index contributed by atoms with van der Waals surface area (Å²) in [6, 6.07) is 7.02. The Labute approximate surface area is 129 Å². The number of rotatable bonds is 6. The molecular weight excluding hydrogens is 260 g/mol. The molecule has 2 N–H and O–H groups in total. The minimum atomic E-state index is 0.318. The molecule has 0 saturated carbocycles. The molecule has 0 amide bonds. The van der Waals surface area contributed by atoms with Gasteiger partial charge in [0.1, 0.15) is 0 Å². The Hall–Kier alpha value is -0.900. The molecule has 1 saturated heterocycles. The van der Waals surface area contributed by atoms with E-state index in [1.807, 2.05) is 0 Å². The number of ether oxygens (including phenoxy) is 1. The first-order chi connectivity index (χ1) is 10.2. The van der Waals surface area contributed by atoms with Crippen molar-refractivity contribution < 1.29 is 4.74 Å². The standard InChI is InChI=1S/C18H30N2O/c1-4-10-21-16-6-5-9-20(13-16)18(12-19)17-8-7-14(2)11-15(17)3/h7-8,11,16,18H,4-6,9-10,12-13,19H2,1-3H3. The fourth-order valence-corrected chi connectivity index (χ4v) is 3.34. The highest BCUT2D eigenvalue weighted by atomic mass is 16.5. The molecule has 3 nitrogen and oxygen atoms in total. The van der Waals surface area contributed by atoms with Gasteiger partial charge in [-0.25, -0.2) is 0 Å². The Balaban J connectivity index is 2.09. The second-order valence-electron chi connectivity index (χ2n) is 6.24. The maximum atomic E-state index is 6.11. The van der Waals surface area contributed by atoms with Crippen molar-refractivity contribution in [3.05, 3.63) is 34.9 Å². The van der Waals surface area contributed by atoms with Crippen LogP contribution in [0, 0.1) is 13.8 Å². The van der Waals surface area contributed by atoms with Crippen LogP contribution in [0.2, 0.25) is 0 Å². The summed E-state index contributed by atoms with van der Waals surface area (Å²) in [4.78, 5) is 2.52. The van der Waals surface area contributed by atoms with Crippen LogP contribution < -0.4 is 5.73 Å². The monoisotopic (exact) mass is 290 g/mol. The molecule has 0 bridgehead atoms. The van der Waals surface area contributed by atoms with Crippen molar-refractivity contribution in [3.8, 4) is 0 Å². The van der Waals surface area contributed by atoms with Gasteiger partial charge in [-0.3, -0.25) is 4.90 Å². The van der Waals surface area contributed by atoms with Crippen molar-refractivity contribution >= 4 is 0 Å². The van der Waals surface area contributed by atoms with Gasteiger partial charge in [0.15, 0.2) is 0 Å². The number of aryl methyl sites for hydroxylation is 2. The minimum Gasteiger partial charge on any atom is -0.377 e. The van der Waals surface area contributed by atoms with Crippen molar-refractivity contribution in [2.45, 2.75) is 52.2 Å². The average molecular weight is 290 g/mol. The Bertz CT molecular complexity index is 447. The maximum Gasteiger partial charge on any atom is 0.0702 e. The number of hydrogen-bond donors (Lipinski definition) is 1. The minimum absolute atomic E-state index is 0.318. The van der Waals surface area contributed by atoms with Crippen molar-refractivity contribution in [2.24, 2.45) is 5.73 Å². The first kappa shape index (κ1) is 16.5. The third-order valence-corrected chi connectivity index (χ3v) is 4.42. The third kappa shape index (κ3) is 4.29. The molecule has 0 radical (unpaired) electrons. The van der Waals surface area contributed by atoms with Crippen molar-refractivity contribution in [3.63, 3.8) is 0 Å². The molecule has 0 spiro atoms. The Morgan fingerprint density at radius 1 is 1.38 bits per heavy atom. The molecule has 1 aromatic rings. The zero-order chi connectivity index (χ0) is 15.2. The van der Waals surface area contributed by atoms with Crippen LogP contribution in [-0.2, 0) is 4.74 Å². The van der Waals surface area contributed by atoms with E-state index in [4.69, 9.17) is 10.5 Å². The number of nitrogens with two attached hydrogens (primary N) is 1. The van der Waals surface area contributed by atoms with E-state index in [-0.39, 0.29) is 0 Å². The van der Waals surface area contributed by atoms with E-state index >= 15 is 0 Å². The Morgan fingerprint density at radius 3 is 2.86 bits per heavy atom. The smallest absolute Gasteiger partial charge is 0.0702 e. The number of nitrogens with zero attached hydrogens (tertiary/aromatic N) is 1. The van der Waals surface area contributed by atoms with E-state index < -0.39 is 0 Å². The number of likely N-dealkylation sites (tertiary alicyclic amines) is 1. The first-order valence-electron chi connectivity index (χ1n) is 8.28. The van der Waals surface area contributed by atoms with Crippen LogP contribution >= 0.6 is 0 Å². The van der Waals surface area contributed by atoms with Crippen LogP contribution in [0.3, 0.4) is 0 Å². The van der Waals surface area contributed by atoms with Gasteiger partial charge in [0.25, 0.3) is 0 Å². The molecule has 2 unspecified atom stereocenters. The number of piperidine rings is 1. The SMILES string of the molecule is CCCOC1CCCN(C(CN)c2ccc(C)cc2C)C1. The van der Waals surface area contributed by atoms with Gasteiger partial charge in [-0.15, -0.1) is 0 Å². The lowest BCUT2D eigenvalue weighted by Crippen LogP contribution is -2.44. The summed E-state index contributed by atoms with van der Waals surface area (Å²) in [5.74, 6) is 0. The summed E-state index contributed by atoms with van der Waals surface area (Å²) in [7, 11) is 0. The molecule has 1 aliphatic heterocycles. The summed E-state index contributed by atoms with van der Waals surface area (Å²) in [6.45, 7) is 10.2. The molecular formula is C18H30N2O. The van der Waals surface area contributed by atoms with Gasteiger partial charge in [-0.2, -0.15) is 0 Å². The summed E-state index contributed by atoms with van der Waals surface area (Å²) < 4.78 is 5.96. The average Bonchev–Trinajstić information content (AvgIpc) is 2.48. The zero-order valence-corrected chi connectivity index (χ0v) is 13.8. The summed E-state index contributed by atoms with van der Waals surface area (Å²) in [5, 5.41) is 0. The molecule has 2 rings (SSSR count). The van der Waals surface area contributed by atoms with Crippen LogP contribution in [0.25, 0.3) is 0 Å². The molecule has 1 fully saturated rings. The predicted octanol–water partition coefficient (Wildman–Crippen LogP) is 3.19. The summed E-state index contributed by atoms with van der Waals surface area (Å²) in [5.41, 5.74) is 10.1. The van der Waals surface area contributed by atoms with E-state index in [1.54, 1.807) is 0 Å². The zero-order valence-electron chi connectivity index (χ0n) is 13.8. The van der Waals surface area contributed by atoms with Gasteiger partial charge >= 0.3 is 0 Å². The molecule has 3 heteroatoms. The fourth-order valence-electron chi connectivity index (χ4n) is 3.34. The highest BCUT2D eigenvalue weighted by Gasteiger charge is 2.27. The van der Waals surface area contributed by atoms with Crippen molar-refractivity contribution in [2.75, 3.05) is 26.2 Å². The molecule has 118 valence electrons. The highest BCUT2D eigenvalue weighted by molar-refractivity contribution is 5.33. The van der Waals surface area contributed by atoms with Crippen LogP contribution in [0.5, 0.6) is 0 Å². The molecule has 0 aliphatic carbocycles. The largest absolute Gasteiger partial charge is 0.377 e. The van der Waals surface area contributed by atoms with Gasteiger partial charge < -0.3 is 10.5 Å². The van der Waals surface area contributed by atoms with Gasteiger partial charge in [0, 0.05) is 25.7 Å². The lowest BCUT2D eigenvalue weighted by molar-refractivity contribution is -0.0119. The highest BCUT2D eigenvalue weighted by Crippen LogP contribution is 2.27. The number of hydrogen-bond acceptors (Lipinski definition) is 3. The predicted molar refractivity (Wildman–Crippen MR) is 88.5 cm³/mol. The number of benzene rings is 1. The molecule has 2 atom stereocenters. The van der Waals surface area contributed by atoms with Gasteiger partial charge in [0.2, 0.25) is 0 Å². The van der Waals surface area contributed by atoms with Gasteiger partial charge in [-0.1, -0.05) is 30.7 Å². The maximum absolute atomic E-state index is 6.11. The van der Waals surface area contributed by atoms with E-state index in [1.165, 1.54) is 29.5 Å². The first-order valence-corrected chi connectivity index (χ1v) is 8.28. The van der Waals surface area contributed by atoms with Crippen LogP contribution in [0.4, 0.5) is 0 Å². The third-order valence-electron chi connectivity index (χ3n) is 4.42. The Kier molecular flexibility index (Phi) is 6.22. The van der Waals surface area contributed by atoms with Crippen LogP contribution in [0.1, 0.15) is 48.9 Å². The second-order valence-corrected chi connectivity index (χ2v) is 6.24. The molecule has 1 aromatic carbocycles. The van der Waals surface area contributed by atoms with Gasteiger partial charge in [-0.05, 0) is 50.8 Å². The Morgan fingerprint density at radius 2 is 2.19 bits per heavy atom. The molecule has 0 aromatic heterocycles. The topological polar surface area (TPSA) is 38.5 Å². The molecule has 1 aliphatic rings. The van der Waals surface area contributed by atoms with Crippen molar-refractivity contribution in [1.29, 1.82) is 0 Å². The van der Waals surface area contributed by atoms with E-state index in [2.05, 4.69) is 43.9 Å². The van der Waals surface area contributed by atoms with Crippen LogP contribution in [-0.4, -0.2) is 37.2 Å². The van der Waals surface area contributed by atoms with E-state index in [0.717, 1.165) is 26.1 Å². The van der Waals surface area contributed by atoms with E-state index in [9.17, 15) is 0 Å². The molecule has 1 heterocycles. The van der Waals surface area contributed by atoms with Crippen LogP contribution in [0.15, 0.2) is 18.2 Å². The summed E-state index contributed by atoms with van der Waals surface area (Å²) >= 11 is 0. The quantitative estimate of drug-likeness (QED) is 0.874. The lowest BCUT2D eigenvalue weighted by atomic mass is 9.96. The lowest BCUT2D eigenvalue weighted by Gasteiger charge is -2.38. The normalized spacial score (nSPS) is 21.4. The van der Waals surface area contributed by atoms with E-state index in [0.29, 0.717) is 18.7 Å².